The summed E-state index contributed by atoms with van der Waals surface area (Å²) in [6.45, 7) is 15.0. The van der Waals surface area contributed by atoms with Crippen LogP contribution in [0.1, 0.15) is 67.2 Å². The molecule has 0 aromatic carbocycles. The Kier molecular flexibility index (Phi) is 3.39. The third-order valence-corrected chi connectivity index (χ3v) is 4.90. The summed E-state index contributed by atoms with van der Waals surface area (Å²) in [5.41, 5.74) is 7.11. The first-order valence-electron chi connectivity index (χ1n) is 7.70. The maximum Gasteiger partial charge on any atom is 0.192 e. The van der Waals surface area contributed by atoms with Gasteiger partial charge in [0.05, 0.1) is 12.1 Å². The molecule has 0 saturated heterocycles. The zero-order valence-corrected chi connectivity index (χ0v) is 13.6. The number of rotatable bonds is 2. The quantitative estimate of drug-likeness (QED) is 0.831. The molecule has 110 valence electrons. The summed E-state index contributed by atoms with van der Waals surface area (Å²) in [6.07, 6.45) is 4.82. The third kappa shape index (κ3) is 2.61. The lowest BCUT2D eigenvalue weighted by atomic mass is 9.58. The average Bonchev–Trinajstić information content (AvgIpc) is 2.49. The molecule has 1 aliphatic heterocycles. The fourth-order valence-electron chi connectivity index (χ4n) is 5.05. The maximum absolute atomic E-state index is 6.21. The predicted octanol–water partition coefficient (Wildman–Crippen LogP) is 3.39. The van der Waals surface area contributed by atoms with Crippen molar-refractivity contribution in [2.24, 2.45) is 21.6 Å². The summed E-state index contributed by atoms with van der Waals surface area (Å²) >= 11 is 0. The molecule has 1 spiro atoms. The molecule has 0 bridgehead atoms. The van der Waals surface area contributed by atoms with Crippen LogP contribution >= 0.6 is 0 Å². The maximum atomic E-state index is 6.21. The standard InChI is InChI=1S/C16H31N3/c1-7-12(2)19-13(17)18-11-16(19)9-14(3,4)8-15(5,6)10-16/h12H,7-11H2,1-6H3,(H2,17,18). The first kappa shape index (κ1) is 14.7. The Bertz CT molecular complexity index is 365. The lowest BCUT2D eigenvalue weighted by Crippen LogP contribution is -2.61. The Morgan fingerprint density at radius 2 is 1.68 bits per heavy atom. The highest BCUT2D eigenvalue weighted by molar-refractivity contribution is 5.81. The Balaban J connectivity index is 2.36. The number of nitrogens with two attached hydrogens (primary N) is 1. The van der Waals surface area contributed by atoms with Gasteiger partial charge in [-0.1, -0.05) is 34.6 Å². The summed E-state index contributed by atoms with van der Waals surface area (Å²) < 4.78 is 0. The van der Waals surface area contributed by atoms with Gasteiger partial charge in [-0.2, -0.15) is 0 Å². The van der Waals surface area contributed by atoms with Crippen LogP contribution in [-0.4, -0.2) is 29.0 Å². The molecule has 2 N–H and O–H groups in total. The van der Waals surface area contributed by atoms with E-state index >= 15 is 0 Å². The van der Waals surface area contributed by atoms with Crippen LogP contribution in [0, 0.1) is 10.8 Å². The molecule has 0 radical (unpaired) electrons. The van der Waals surface area contributed by atoms with E-state index in [9.17, 15) is 0 Å². The van der Waals surface area contributed by atoms with Crippen LogP contribution in [0.4, 0.5) is 0 Å². The van der Waals surface area contributed by atoms with Gasteiger partial charge >= 0.3 is 0 Å². The van der Waals surface area contributed by atoms with Gasteiger partial charge in [0.25, 0.3) is 0 Å². The van der Waals surface area contributed by atoms with Crippen molar-refractivity contribution in [3.8, 4) is 0 Å². The molecule has 0 amide bonds. The Morgan fingerprint density at radius 1 is 1.16 bits per heavy atom. The van der Waals surface area contributed by atoms with E-state index in [1.807, 2.05) is 0 Å². The van der Waals surface area contributed by atoms with Gasteiger partial charge in [-0.3, -0.25) is 4.99 Å². The normalized spacial score (nSPS) is 29.4. The van der Waals surface area contributed by atoms with Gasteiger partial charge in [0.1, 0.15) is 0 Å². The summed E-state index contributed by atoms with van der Waals surface area (Å²) in [6, 6.07) is 0.482. The molecule has 3 nitrogen and oxygen atoms in total. The largest absolute Gasteiger partial charge is 0.370 e. The summed E-state index contributed by atoms with van der Waals surface area (Å²) in [5.74, 6) is 0.767. The highest BCUT2D eigenvalue weighted by Crippen LogP contribution is 2.53. The summed E-state index contributed by atoms with van der Waals surface area (Å²) in [7, 11) is 0. The SMILES string of the molecule is CCC(C)N1C(N)=NCC12CC(C)(C)CC(C)(C)C2. The van der Waals surface area contributed by atoms with E-state index in [0.29, 0.717) is 16.9 Å². The molecule has 1 aliphatic carbocycles. The number of hydrogen-bond donors (Lipinski definition) is 1. The van der Waals surface area contributed by atoms with Crippen molar-refractivity contribution in [3.63, 3.8) is 0 Å². The molecule has 1 saturated carbocycles. The van der Waals surface area contributed by atoms with E-state index in [0.717, 1.165) is 18.9 Å². The molecule has 19 heavy (non-hydrogen) atoms. The van der Waals surface area contributed by atoms with E-state index in [1.54, 1.807) is 0 Å². The van der Waals surface area contributed by atoms with Gasteiger partial charge in [-0.05, 0) is 43.4 Å². The van der Waals surface area contributed by atoms with Crippen LogP contribution in [0.15, 0.2) is 4.99 Å². The zero-order valence-electron chi connectivity index (χ0n) is 13.6. The number of hydrogen-bond acceptors (Lipinski definition) is 3. The van der Waals surface area contributed by atoms with E-state index in [1.165, 1.54) is 19.3 Å². The minimum Gasteiger partial charge on any atom is -0.370 e. The number of guanidine groups is 1. The molecular formula is C16H31N3. The molecule has 1 unspecified atom stereocenters. The lowest BCUT2D eigenvalue weighted by Gasteiger charge is -2.55. The van der Waals surface area contributed by atoms with Gasteiger partial charge in [-0.25, -0.2) is 0 Å². The topological polar surface area (TPSA) is 41.6 Å². The van der Waals surface area contributed by atoms with E-state index in [4.69, 9.17) is 5.73 Å². The van der Waals surface area contributed by atoms with Gasteiger partial charge in [0, 0.05) is 6.04 Å². The van der Waals surface area contributed by atoms with Crippen molar-refractivity contribution < 1.29 is 0 Å². The molecule has 2 rings (SSSR count). The van der Waals surface area contributed by atoms with Crippen molar-refractivity contribution >= 4 is 5.96 Å². The van der Waals surface area contributed by atoms with Crippen molar-refractivity contribution in [1.29, 1.82) is 0 Å². The molecule has 1 fully saturated rings. The molecule has 0 aromatic heterocycles. The molecule has 3 heteroatoms. The van der Waals surface area contributed by atoms with Crippen LogP contribution in [0.5, 0.6) is 0 Å². The first-order chi connectivity index (χ1) is 8.61. The van der Waals surface area contributed by atoms with Crippen molar-refractivity contribution in [1.82, 2.24) is 4.90 Å². The second-order valence-corrected chi connectivity index (χ2v) is 8.38. The smallest absolute Gasteiger partial charge is 0.192 e. The molecule has 1 atom stereocenters. The second-order valence-electron chi connectivity index (χ2n) is 8.38. The van der Waals surface area contributed by atoms with Crippen molar-refractivity contribution in [2.45, 2.75) is 78.8 Å². The molecule has 1 heterocycles. The number of aliphatic imine (C=N–C) groups is 1. The van der Waals surface area contributed by atoms with Crippen LogP contribution in [0.25, 0.3) is 0 Å². The molecular weight excluding hydrogens is 234 g/mol. The minimum atomic E-state index is 0.158. The average molecular weight is 265 g/mol. The van der Waals surface area contributed by atoms with Crippen molar-refractivity contribution in [3.05, 3.63) is 0 Å². The third-order valence-electron chi connectivity index (χ3n) is 4.90. The van der Waals surface area contributed by atoms with Crippen LogP contribution in [0.2, 0.25) is 0 Å². The van der Waals surface area contributed by atoms with Crippen LogP contribution in [0.3, 0.4) is 0 Å². The fraction of sp³-hybridized carbons (Fsp3) is 0.938. The first-order valence-corrected chi connectivity index (χ1v) is 7.70. The minimum absolute atomic E-state index is 0.158. The van der Waals surface area contributed by atoms with E-state index in [-0.39, 0.29) is 5.54 Å². The predicted molar refractivity (Wildman–Crippen MR) is 82.2 cm³/mol. The van der Waals surface area contributed by atoms with Crippen molar-refractivity contribution in [2.75, 3.05) is 6.54 Å². The van der Waals surface area contributed by atoms with Gasteiger partial charge in [0.15, 0.2) is 5.96 Å². The highest BCUT2D eigenvalue weighted by Gasteiger charge is 2.53. The zero-order chi connectivity index (χ0) is 14.5. The molecule has 2 aliphatic rings. The Morgan fingerprint density at radius 3 is 2.16 bits per heavy atom. The van der Waals surface area contributed by atoms with E-state index < -0.39 is 0 Å². The summed E-state index contributed by atoms with van der Waals surface area (Å²) in [5, 5.41) is 0. The summed E-state index contributed by atoms with van der Waals surface area (Å²) in [4.78, 5) is 7.06. The van der Waals surface area contributed by atoms with Crippen LogP contribution < -0.4 is 5.73 Å². The fourth-order valence-corrected chi connectivity index (χ4v) is 5.05. The monoisotopic (exact) mass is 265 g/mol. The Hall–Kier alpha value is -0.730. The number of nitrogens with zero attached hydrogens (tertiary/aromatic N) is 2. The highest BCUT2D eigenvalue weighted by atomic mass is 15.4. The Labute approximate surface area is 118 Å². The second kappa shape index (κ2) is 4.39. The van der Waals surface area contributed by atoms with Gasteiger partial charge < -0.3 is 10.6 Å². The lowest BCUT2D eigenvalue weighted by molar-refractivity contribution is -0.0171. The van der Waals surface area contributed by atoms with Gasteiger partial charge in [-0.15, -0.1) is 0 Å². The van der Waals surface area contributed by atoms with Crippen LogP contribution in [-0.2, 0) is 0 Å². The van der Waals surface area contributed by atoms with Gasteiger partial charge in [0.2, 0.25) is 0 Å². The van der Waals surface area contributed by atoms with E-state index in [2.05, 4.69) is 51.4 Å². The molecule has 0 aromatic rings.